The summed E-state index contributed by atoms with van der Waals surface area (Å²) >= 11 is 0. The van der Waals surface area contributed by atoms with Crippen LogP contribution in [0.15, 0.2) is 29.3 Å². The van der Waals surface area contributed by atoms with Gasteiger partial charge < -0.3 is 19.7 Å². The lowest BCUT2D eigenvalue weighted by Gasteiger charge is -2.22. The van der Waals surface area contributed by atoms with E-state index in [1.807, 2.05) is 19.2 Å². The SMILES string of the molecule is CN=C(NCCCCc1ccc(OC)cc1)N(C)CCOCC1CC1.I. The molecular weight excluding hydrogens is 441 g/mol. The van der Waals surface area contributed by atoms with E-state index in [2.05, 4.69) is 34.4 Å². The second kappa shape index (κ2) is 13.2. The highest BCUT2D eigenvalue weighted by Gasteiger charge is 2.21. The second-order valence-electron chi connectivity index (χ2n) is 6.72. The molecule has 0 aromatic heterocycles. The van der Waals surface area contributed by atoms with Crippen molar-refractivity contribution in [1.82, 2.24) is 10.2 Å². The molecule has 5 nitrogen and oxygen atoms in total. The summed E-state index contributed by atoms with van der Waals surface area (Å²) in [5.41, 5.74) is 1.36. The van der Waals surface area contributed by atoms with Gasteiger partial charge in [0.1, 0.15) is 5.75 Å². The number of benzene rings is 1. The van der Waals surface area contributed by atoms with Crippen molar-refractivity contribution in [3.05, 3.63) is 29.8 Å². The van der Waals surface area contributed by atoms with Crippen molar-refractivity contribution >= 4 is 29.9 Å². The van der Waals surface area contributed by atoms with Gasteiger partial charge in [-0.25, -0.2) is 0 Å². The average molecular weight is 475 g/mol. The molecule has 0 atom stereocenters. The van der Waals surface area contributed by atoms with Gasteiger partial charge in [-0.15, -0.1) is 24.0 Å². The number of hydrogen-bond acceptors (Lipinski definition) is 3. The Bertz CT molecular complexity index is 518. The fraction of sp³-hybridized carbons (Fsp3) is 0.650. The first-order valence-electron chi connectivity index (χ1n) is 9.35. The summed E-state index contributed by atoms with van der Waals surface area (Å²) in [5.74, 6) is 2.69. The molecule has 1 N–H and O–H groups in total. The summed E-state index contributed by atoms with van der Waals surface area (Å²) in [7, 11) is 5.60. The van der Waals surface area contributed by atoms with Gasteiger partial charge in [-0.2, -0.15) is 0 Å². The van der Waals surface area contributed by atoms with Crippen molar-refractivity contribution in [3.63, 3.8) is 0 Å². The van der Waals surface area contributed by atoms with Crippen LogP contribution in [0.4, 0.5) is 0 Å². The van der Waals surface area contributed by atoms with Crippen LogP contribution in [0, 0.1) is 5.92 Å². The largest absolute Gasteiger partial charge is 0.497 e. The van der Waals surface area contributed by atoms with Crippen molar-refractivity contribution in [3.8, 4) is 5.75 Å². The van der Waals surface area contributed by atoms with Crippen LogP contribution in [0.1, 0.15) is 31.2 Å². The molecule has 6 heteroatoms. The summed E-state index contributed by atoms with van der Waals surface area (Å²) in [6, 6.07) is 8.33. The fourth-order valence-corrected chi connectivity index (χ4v) is 2.67. The maximum Gasteiger partial charge on any atom is 0.193 e. The Morgan fingerprint density at radius 1 is 1.23 bits per heavy atom. The first-order chi connectivity index (χ1) is 12.2. The number of methoxy groups -OCH3 is 1. The van der Waals surface area contributed by atoms with Gasteiger partial charge in [0.05, 0.1) is 13.7 Å². The van der Waals surface area contributed by atoms with E-state index in [-0.39, 0.29) is 24.0 Å². The molecule has 0 unspecified atom stereocenters. The van der Waals surface area contributed by atoms with Gasteiger partial charge in [0.25, 0.3) is 0 Å². The summed E-state index contributed by atoms with van der Waals surface area (Å²) in [4.78, 5) is 6.49. The molecule has 0 heterocycles. The minimum atomic E-state index is 0. The number of hydrogen-bond donors (Lipinski definition) is 1. The average Bonchev–Trinajstić information content (AvgIpc) is 3.46. The number of ether oxygens (including phenoxy) is 2. The van der Waals surface area contributed by atoms with E-state index < -0.39 is 0 Å². The molecule has 1 aromatic rings. The van der Waals surface area contributed by atoms with Crippen LogP contribution >= 0.6 is 24.0 Å². The molecule has 0 saturated heterocycles. The molecule has 26 heavy (non-hydrogen) atoms. The summed E-state index contributed by atoms with van der Waals surface area (Å²) in [6.45, 7) is 3.50. The number of unbranched alkanes of at least 4 members (excludes halogenated alkanes) is 1. The smallest absolute Gasteiger partial charge is 0.193 e. The van der Waals surface area contributed by atoms with Crippen molar-refractivity contribution < 1.29 is 9.47 Å². The fourth-order valence-electron chi connectivity index (χ4n) is 2.67. The van der Waals surface area contributed by atoms with Gasteiger partial charge in [0, 0.05) is 33.8 Å². The van der Waals surface area contributed by atoms with E-state index in [1.165, 1.54) is 18.4 Å². The number of likely N-dealkylation sites (N-methyl/N-ethyl adjacent to an activating group) is 1. The molecule has 0 radical (unpaired) electrons. The summed E-state index contributed by atoms with van der Waals surface area (Å²) < 4.78 is 10.9. The number of halogens is 1. The predicted molar refractivity (Wildman–Crippen MR) is 119 cm³/mol. The topological polar surface area (TPSA) is 46.1 Å². The van der Waals surface area contributed by atoms with Crippen molar-refractivity contribution in [2.75, 3.05) is 47.5 Å². The number of nitrogens with one attached hydrogen (secondary N) is 1. The van der Waals surface area contributed by atoms with Gasteiger partial charge in [0.2, 0.25) is 0 Å². The summed E-state index contributed by atoms with van der Waals surface area (Å²) in [6.07, 6.45) is 6.06. The molecule has 0 amide bonds. The first-order valence-corrected chi connectivity index (χ1v) is 9.35. The van der Waals surface area contributed by atoms with Gasteiger partial charge >= 0.3 is 0 Å². The molecule has 1 fully saturated rings. The molecule has 0 aliphatic heterocycles. The second-order valence-corrected chi connectivity index (χ2v) is 6.72. The zero-order chi connectivity index (χ0) is 17.9. The Morgan fingerprint density at radius 3 is 2.58 bits per heavy atom. The third kappa shape index (κ3) is 9.07. The number of aliphatic imine (C=N–C) groups is 1. The Labute approximate surface area is 175 Å². The first kappa shape index (κ1) is 23.0. The van der Waals surface area contributed by atoms with Crippen LogP contribution in [0.25, 0.3) is 0 Å². The molecule has 148 valence electrons. The Kier molecular flexibility index (Phi) is 11.7. The maximum absolute atomic E-state index is 5.70. The Morgan fingerprint density at radius 2 is 1.96 bits per heavy atom. The number of nitrogens with zero attached hydrogens (tertiary/aromatic N) is 2. The lowest BCUT2D eigenvalue weighted by atomic mass is 10.1. The lowest BCUT2D eigenvalue weighted by Crippen LogP contribution is -2.41. The van der Waals surface area contributed by atoms with Gasteiger partial charge in [-0.05, 0) is 55.7 Å². The van der Waals surface area contributed by atoms with Gasteiger partial charge in [-0.1, -0.05) is 12.1 Å². The molecule has 2 rings (SSSR count). The maximum atomic E-state index is 5.70. The zero-order valence-corrected chi connectivity index (χ0v) is 18.7. The van der Waals surface area contributed by atoms with Crippen LogP contribution in [-0.2, 0) is 11.2 Å². The number of rotatable bonds is 11. The zero-order valence-electron chi connectivity index (χ0n) is 16.4. The van der Waals surface area contributed by atoms with E-state index in [9.17, 15) is 0 Å². The standard InChI is InChI=1S/C20H33N3O2.HI/c1-21-20(23(2)14-15-25-16-18-7-8-18)22-13-5-4-6-17-9-11-19(24-3)12-10-17;/h9-12,18H,4-8,13-16H2,1-3H3,(H,21,22);1H. The van der Waals surface area contributed by atoms with Crippen LogP contribution in [0.5, 0.6) is 5.75 Å². The molecule has 1 aromatic carbocycles. The van der Waals surface area contributed by atoms with Crippen LogP contribution < -0.4 is 10.1 Å². The summed E-state index contributed by atoms with van der Waals surface area (Å²) in [5, 5.41) is 3.44. The van der Waals surface area contributed by atoms with Crippen LogP contribution in [0.3, 0.4) is 0 Å². The quantitative estimate of drug-likeness (QED) is 0.230. The van der Waals surface area contributed by atoms with Crippen molar-refractivity contribution in [1.29, 1.82) is 0 Å². The van der Waals surface area contributed by atoms with Crippen LogP contribution in [0.2, 0.25) is 0 Å². The Balaban J connectivity index is 0.00000338. The third-order valence-electron chi connectivity index (χ3n) is 4.53. The molecule has 1 aliphatic rings. The van der Waals surface area contributed by atoms with Crippen molar-refractivity contribution in [2.24, 2.45) is 10.9 Å². The monoisotopic (exact) mass is 475 g/mol. The van der Waals surface area contributed by atoms with Gasteiger partial charge in [-0.3, -0.25) is 4.99 Å². The molecule has 1 saturated carbocycles. The van der Waals surface area contributed by atoms with E-state index in [0.29, 0.717) is 0 Å². The normalized spacial score (nSPS) is 13.9. The highest BCUT2D eigenvalue weighted by atomic mass is 127. The lowest BCUT2D eigenvalue weighted by molar-refractivity contribution is 0.115. The molecule has 0 spiro atoms. The highest BCUT2D eigenvalue weighted by molar-refractivity contribution is 14.0. The van der Waals surface area contributed by atoms with Crippen LogP contribution in [-0.4, -0.2) is 58.4 Å². The Hall–Kier alpha value is -1.02. The van der Waals surface area contributed by atoms with Gasteiger partial charge in [0.15, 0.2) is 5.96 Å². The minimum absolute atomic E-state index is 0. The minimum Gasteiger partial charge on any atom is -0.497 e. The number of guanidine groups is 1. The molecule has 1 aliphatic carbocycles. The molecule has 0 bridgehead atoms. The van der Waals surface area contributed by atoms with E-state index in [4.69, 9.17) is 9.47 Å². The number of aryl methyl sites for hydroxylation is 1. The highest BCUT2D eigenvalue weighted by Crippen LogP contribution is 2.28. The van der Waals surface area contributed by atoms with E-state index >= 15 is 0 Å². The predicted octanol–water partition coefficient (Wildman–Crippen LogP) is 3.57. The molecular formula is C20H34IN3O2. The van der Waals surface area contributed by atoms with Crippen molar-refractivity contribution in [2.45, 2.75) is 32.1 Å². The third-order valence-corrected chi connectivity index (χ3v) is 4.53. The van der Waals surface area contributed by atoms with E-state index in [1.54, 1.807) is 7.11 Å². The van der Waals surface area contributed by atoms with E-state index in [0.717, 1.165) is 63.2 Å².